The van der Waals surface area contributed by atoms with Crippen LogP contribution < -0.4 is 14.7 Å². The number of sulfonamides is 1. The van der Waals surface area contributed by atoms with Crippen LogP contribution >= 0.6 is 0 Å². The molecule has 200 valence electrons. The summed E-state index contributed by atoms with van der Waals surface area (Å²) in [6.07, 6.45) is -1.67. The van der Waals surface area contributed by atoms with Gasteiger partial charge in [-0.3, -0.25) is 9.69 Å². The van der Waals surface area contributed by atoms with Crippen molar-refractivity contribution in [1.82, 2.24) is 4.31 Å². The van der Waals surface area contributed by atoms with Crippen LogP contribution in [0.15, 0.2) is 54.9 Å². The molecule has 2 heterocycles. The topological polar surface area (TPSA) is 88.0 Å². The van der Waals surface area contributed by atoms with Crippen LogP contribution in [-0.2, 0) is 21.0 Å². The lowest BCUT2D eigenvalue weighted by Crippen LogP contribution is -2.54. The van der Waals surface area contributed by atoms with Gasteiger partial charge in [0.25, 0.3) is 5.91 Å². The van der Waals surface area contributed by atoms with Crippen LogP contribution in [0.4, 0.5) is 30.2 Å². The highest BCUT2D eigenvalue weighted by Crippen LogP contribution is 2.51. The third kappa shape index (κ3) is 4.19. The van der Waals surface area contributed by atoms with Crippen molar-refractivity contribution in [3.63, 3.8) is 0 Å². The molecule has 1 saturated carbocycles. The molecule has 2 saturated heterocycles. The maximum absolute atomic E-state index is 13.7. The number of anilines is 3. The number of amides is 1. The third-order valence-corrected chi connectivity index (χ3v) is 8.90. The van der Waals surface area contributed by atoms with Crippen LogP contribution in [0.25, 0.3) is 0 Å². The molecule has 2 aromatic carbocycles. The summed E-state index contributed by atoms with van der Waals surface area (Å²) in [7, 11) is -3.24. The molecule has 0 radical (unpaired) electrons. The number of nitriles is 1. The van der Waals surface area contributed by atoms with Crippen molar-refractivity contribution in [2.24, 2.45) is 0 Å². The molecular weight excluding hydrogens is 519 g/mol. The number of rotatable bonds is 4. The van der Waals surface area contributed by atoms with E-state index < -0.39 is 32.9 Å². The average molecular weight is 546 g/mol. The highest BCUT2D eigenvalue weighted by molar-refractivity contribution is 7.88. The van der Waals surface area contributed by atoms with Crippen LogP contribution in [0, 0.1) is 11.3 Å². The van der Waals surface area contributed by atoms with E-state index in [9.17, 15) is 26.4 Å². The predicted molar refractivity (Wildman–Crippen MR) is 137 cm³/mol. The fraction of sp³-hybridized carbons (Fsp3) is 0.385. The van der Waals surface area contributed by atoms with E-state index in [1.54, 1.807) is 11.0 Å². The summed E-state index contributed by atoms with van der Waals surface area (Å²) in [5, 5.41) is 9.14. The SMILES string of the molecule is C=C1N(c2ccc(C#N)c(C(F)(F)F)c2)C(=O)C2(CCC2)N1c1ccc(N2CCN(S(C)(=O)=O)CC2)cc1. The molecule has 12 heteroatoms. The first-order valence-electron chi connectivity index (χ1n) is 12.1. The van der Waals surface area contributed by atoms with Crippen LogP contribution in [0.2, 0.25) is 0 Å². The summed E-state index contributed by atoms with van der Waals surface area (Å²) in [5.41, 5.74) is -0.929. The first-order valence-corrected chi connectivity index (χ1v) is 14.0. The molecule has 5 rings (SSSR count). The number of carbonyl (C=O) groups excluding carboxylic acids is 1. The smallest absolute Gasteiger partial charge is 0.369 e. The zero-order chi connectivity index (χ0) is 27.5. The van der Waals surface area contributed by atoms with E-state index in [1.165, 1.54) is 21.5 Å². The van der Waals surface area contributed by atoms with Gasteiger partial charge in [0.1, 0.15) is 11.4 Å². The maximum atomic E-state index is 13.7. The zero-order valence-corrected chi connectivity index (χ0v) is 21.5. The summed E-state index contributed by atoms with van der Waals surface area (Å²) in [4.78, 5) is 18.8. The lowest BCUT2D eigenvalue weighted by molar-refractivity contribution is -0.137. The Bertz CT molecular complexity index is 1440. The molecule has 0 aromatic heterocycles. The lowest BCUT2D eigenvalue weighted by atomic mass is 9.75. The minimum absolute atomic E-state index is 0.0143. The van der Waals surface area contributed by atoms with E-state index >= 15 is 0 Å². The number of piperazine rings is 1. The Kier molecular flexibility index (Phi) is 6.19. The lowest BCUT2D eigenvalue weighted by Gasteiger charge is -2.43. The molecule has 3 fully saturated rings. The van der Waals surface area contributed by atoms with Crippen molar-refractivity contribution >= 4 is 33.0 Å². The predicted octanol–water partition coefficient (Wildman–Crippen LogP) is 3.91. The van der Waals surface area contributed by atoms with Gasteiger partial charge in [0, 0.05) is 37.6 Å². The largest absolute Gasteiger partial charge is 0.417 e. The van der Waals surface area contributed by atoms with Crippen molar-refractivity contribution in [2.75, 3.05) is 47.1 Å². The second-order valence-corrected chi connectivity index (χ2v) is 11.8. The molecule has 1 aliphatic carbocycles. The molecule has 8 nitrogen and oxygen atoms in total. The Morgan fingerprint density at radius 2 is 1.55 bits per heavy atom. The number of nitrogens with zero attached hydrogens (tertiary/aromatic N) is 5. The van der Waals surface area contributed by atoms with E-state index in [1.807, 2.05) is 24.3 Å². The van der Waals surface area contributed by atoms with Gasteiger partial charge in [0.15, 0.2) is 0 Å². The molecule has 3 aliphatic rings. The quantitative estimate of drug-likeness (QED) is 0.579. The van der Waals surface area contributed by atoms with Crippen LogP contribution in [-0.4, -0.2) is 56.6 Å². The summed E-state index contributed by atoms with van der Waals surface area (Å²) in [6.45, 7) is 5.95. The Morgan fingerprint density at radius 3 is 2.05 bits per heavy atom. The van der Waals surface area contributed by atoms with Gasteiger partial charge in [0.05, 0.1) is 29.1 Å². The summed E-state index contributed by atoms with van der Waals surface area (Å²) in [6, 6.07) is 12.3. The standard InChI is InChI=1S/C26H26F3N5O3S/c1-18-33(22-5-4-19(17-30)23(16-22)26(27,28)29)24(35)25(10-3-11-25)34(18)21-8-6-20(7-9-21)31-12-14-32(15-13-31)38(2,36)37/h4-9,16H,1,3,10-15H2,2H3. The van der Waals surface area contributed by atoms with Gasteiger partial charge in [-0.15, -0.1) is 0 Å². The second kappa shape index (κ2) is 9.03. The monoisotopic (exact) mass is 545 g/mol. The third-order valence-electron chi connectivity index (χ3n) is 7.59. The molecule has 0 N–H and O–H groups in total. The van der Waals surface area contributed by atoms with Crippen molar-refractivity contribution in [1.29, 1.82) is 5.26 Å². The van der Waals surface area contributed by atoms with Crippen molar-refractivity contribution in [3.05, 3.63) is 66.0 Å². The summed E-state index contributed by atoms with van der Waals surface area (Å²) < 4.78 is 65.9. The minimum atomic E-state index is -4.75. The van der Waals surface area contributed by atoms with E-state index in [0.29, 0.717) is 44.7 Å². The van der Waals surface area contributed by atoms with E-state index in [2.05, 4.69) is 11.5 Å². The molecule has 2 aliphatic heterocycles. The van der Waals surface area contributed by atoms with Crippen molar-refractivity contribution < 1.29 is 26.4 Å². The van der Waals surface area contributed by atoms with Gasteiger partial charge >= 0.3 is 6.18 Å². The number of hydrogen-bond acceptors (Lipinski definition) is 6. The number of halogens is 3. The summed E-state index contributed by atoms with van der Waals surface area (Å²) in [5.74, 6) is -0.0883. The minimum Gasteiger partial charge on any atom is -0.369 e. The van der Waals surface area contributed by atoms with Gasteiger partial charge in [0.2, 0.25) is 10.0 Å². The van der Waals surface area contributed by atoms with Gasteiger partial charge in [-0.05, 0) is 61.7 Å². The number of carbonyl (C=O) groups is 1. The summed E-state index contributed by atoms with van der Waals surface area (Å²) >= 11 is 0. The molecule has 2 aromatic rings. The van der Waals surface area contributed by atoms with E-state index in [4.69, 9.17) is 5.26 Å². The Morgan fingerprint density at radius 1 is 0.974 bits per heavy atom. The Hall–Kier alpha value is -3.56. The van der Waals surface area contributed by atoms with Crippen molar-refractivity contribution in [2.45, 2.75) is 31.0 Å². The van der Waals surface area contributed by atoms with Gasteiger partial charge in [-0.25, -0.2) is 8.42 Å². The van der Waals surface area contributed by atoms with Crippen LogP contribution in [0.3, 0.4) is 0 Å². The normalized spacial score (nSPS) is 20.1. The molecule has 38 heavy (non-hydrogen) atoms. The number of hydrogen-bond donors (Lipinski definition) is 0. The van der Waals surface area contributed by atoms with Gasteiger partial charge in [-0.1, -0.05) is 6.58 Å². The molecule has 0 bridgehead atoms. The molecule has 1 spiro atoms. The van der Waals surface area contributed by atoms with Gasteiger partial charge in [-0.2, -0.15) is 22.7 Å². The fourth-order valence-corrected chi connectivity index (χ4v) is 6.30. The van der Waals surface area contributed by atoms with Crippen molar-refractivity contribution in [3.8, 4) is 6.07 Å². The molecule has 0 unspecified atom stereocenters. The number of benzene rings is 2. The zero-order valence-electron chi connectivity index (χ0n) is 20.7. The fourth-order valence-electron chi connectivity index (χ4n) is 5.47. The van der Waals surface area contributed by atoms with Crippen LogP contribution in [0.1, 0.15) is 30.4 Å². The second-order valence-electron chi connectivity index (χ2n) is 9.78. The molecular formula is C26H26F3N5O3S. The first-order chi connectivity index (χ1) is 17.9. The van der Waals surface area contributed by atoms with E-state index in [0.717, 1.165) is 24.2 Å². The van der Waals surface area contributed by atoms with Gasteiger partial charge < -0.3 is 9.80 Å². The van der Waals surface area contributed by atoms with E-state index in [-0.39, 0.29) is 17.4 Å². The Labute approximate surface area is 219 Å². The average Bonchev–Trinajstić information content (AvgIpc) is 3.09. The first kappa shape index (κ1) is 26.1. The maximum Gasteiger partial charge on any atom is 0.417 e. The molecule has 0 atom stereocenters. The van der Waals surface area contributed by atoms with Crippen LogP contribution in [0.5, 0.6) is 0 Å². The highest BCUT2D eigenvalue weighted by Gasteiger charge is 2.58. The Balaban J connectivity index is 1.43. The molecule has 1 amide bonds. The number of alkyl halides is 3. The highest BCUT2D eigenvalue weighted by atomic mass is 32.2.